The zero-order chi connectivity index (χ0) is 11.9. The highest BCUT2D eigenvalue weighted by molar-refractivity contribution is 5.40. The van der Waals surface area contributed by atoms with E-state index in [1.165, 1.54) is 0 Å². The summed E-state index contributed by atoms with van der Waals surface area (Å²) in [5.41, 5.74) is 1.57. The van der Waals surface area contributed by atoms with E-state index < -0.39 is 0 Å². The van der Waals surface area contributed by atoms with Crippen LogP contribution in [0.25, 0.3) is 0 Å². The minimum absolute atomic E-state index is 0.248. The van der Waals surface area contributed by atoms with Crippen LogP contribution in [0.5, 0.6) is 11.5 Å². The molecule has 1 N–H and O–H groups in total. The van der Waals surface area contributed by atoms with Crippen LogP contribution in [0.4, 0.5) is 0 Å². The van der Waals surface area contributed by atoms with Crippen molar-refractivity contribution in [1.82, 2.24) is 4.90 Å². The summed E-state index contributed by atoms with van der Waals surface area (Å²) in [5.74, 6) is 1.01. The van der Waals surface area contributed by atoms with Crippen LogP contribution in [-0.4, -0.2) is 43.4 Å². The molecule has 2 aliphatic rings. The summed E-state index contributed by atoms with van der Waals surface area (Å²) in [6.07, 6.45) is 0. The average Bonchev–Trinajstić information content (AvgIpc) is 2.21. The average molecular weight is 235 g/mol. The first kappa shape index (κ1) is 10.9. The van der Waals surface area contributed by atoms with Gasteiger partial charge in [-0.15, -0.1) is 0 Å². The summed E-state index contributed by atoms with van der Waals surface area (Å²) >= 11 is 0. The van der Waals surface area contributed by atoms with E-state index in [9.17, 15) is 5.11 Å². The summed E-state index contributed by atoms with van der Waals surface area (Å²) in [6, 6.07) is 5.30. The molecule has 2 heterocycles. The Morgan fingerprint density at radius 2 is 2.18 bits per heavy atom. The third kappa shape index (κ3) is 1.87. The molecule has 1 spiro atoms. The molecule has 0 radical (unpaired) electrons. The Balaban J connectivity index is 1.65. The number of hydrogen-bond acceptors (Lipinski definition) is 4. The van der Waals surface area contributed by atoms with Gasteiger partial charge in [0.2, 0.25) is 0 Å². The number of methoxy groups -OCH3 is 1. The number of phenolic OH excluding ortho intramolecular Hbond substituents is 1. The van der Waals surface area contributed by atoms with Crippen molar-refractivity contribution in [2.24, 2.45) is 5.41 Å². The topological polar surface area (TPSA) is 41.9 Å². The summed E-state index contributed by atoms with van der Waals surface area (Å²) in [5, 5.41) is 9.39. The van der Waals surface area contributed by atoms with Crippen LogP contribution in [0.2, 0.25) is 0 Å². The molecule has 0 amide bonds. The highest BCUT2D eigenvalue weighted by atomic mass is 16.5. The molecule has 0 unspecified atom stereocenters. The van der Waals surface area contributed by atoms with Gasteiger partial charge in [-0.1, -0.05) is 6.07 Å². The number of hydrogen-bond donors (Lipinski definition) is 1. The van der Waals surface area contributed by atoms with Crippen molar-refractivity contribution in [3.05, 3.63) is 23.8 Å². The van der Waals surface area contributed by atoms with E-state index in [4.69, 9.17) is 9.47 Å². The van der Waals surface area contributed by atoms with Gasteiger partial charge in [0, 0.05) is 36.7 Å². The maximum atomic E-state index is 9.39. The molecule has 0 bridgehead atoms. The Morgan fingerprint density at radius 1 is 1.41 bits per heavy atom. The molecule has 1 aromatic rings. The lowest BCUT2D eigenvalue weighted by Crippen LogP contribution is -2.65. The molecule has 1 aromatic carbocycles. The summed E-state index contributed by atoms with van der Waals surface area (Å²) in [7, 11) is 1.63. The highest BCUT2D eigenvalue weighted by Gasteiger charge is 2.48. The Kier molecular flexibility index (Phi) is 2.49. The van der Waals surface area contributed by atoms with Crippen LogP contribution in [0.15, 0.2) is 18.2 Å². The van der Waals surface area contributed by atoms with Crippen molar-refractivity contribution in [3.8, 4) is 11.5 Å². The van der Waals surface area contributed by atoms with E-state index in [0.717, 1.165) is 44.2 Å². The Hall–Kier alpha value is -1.26. The molecule has 4 nitrogen and oxygen atoms in total. The smallest absolute Gasteiger partial charge is 0.127 e. The van der Waals surface area contributed by atoms with Crippen molar-refractivity contribution < 1.29 is 14.6 Å². The summed E-state index contributed by atoms with van der Waals surface area (Å²) in [6.45, 7) is 4.92. The zero-order valence-corrected chi connectivity index (χ0v) is 9.98. The van der Waals surface area contributed by atoms with E-state index >= 15 is 0 Å². The second-order valence-corrected chi connectivity index (χ2v) is 5.13. The van der Waals surface area contributed by atoms with Gasteiger partial charge in [-0.3, -0.25) is 4.90 Å². The van der Waals surface area contributed by atoms with Gasteiger partial charge in [0.1, 0.15) is 11.5 Å². The highest BCUT2D eigenvalue weighted by Crippen LogP contribution is 2.39. The van der Waals surface area contributed by atoms with E-state index in [-0.39, 0.29) is 5.75 Å². The monoisotopic (exact) mass is 235 g/mol. The van der Waals surface area contributed by atoms with Crippen LogP contribution < -0.4 is 4.74 Å². The molecule has 3 rings (SSSR count). The number of aromatic hydroxyl groups is 1. The fraction of sp³-hybridized carbons (Fsp3) is 0.538. The lowest BCUT2D eigenvalue weighted by Gasteiger charge is -2.55. The van der Waals surface area contributed by atoms with Crippen molar-refractivity contribution in [3.63, 3.8) is 0 Å². The van der Waals surface area contributed by atoms with Crippen molar-refractivity contribution in [1.29, 1.82) is 0 Å². The molecule has 2 aliphatic heterocycles. The van der Waals surface area contributed by atoms with Crippen molar-refractivity contribution in [2.45, 2.75) is 6.54 Å². The number of ether oxygens (including phenoxy) is 2. The number of nitrogens with zero attached hydrogens (tertiary/aromatic N) is 1. The van der Waals surface area contributed by atoms with Gasteiger partial charge >= 0.3 is 0 Å². The van der Waals surface area contributed by atoms with Gasteiger partial charge in [-0.2, -0.15) is 0 Å². The predicted octanol–water partition coefficient (Wildman–Crippen LogP) is 1.23. The fourth-order valence-electron chi connectivity index (χ4n) is 2.69. The van der Waals surface area contributed by atoms with Gasteiger partial charge < -0.3 is 14.6 Å². The third-order valence-corrected chi connectivity index (χ3v) is 3.60. The standard InChI is InChI=1S/C13H17NO3/c1-16-12-4-11(15)3-2-10(12)5-14-6-13(7-14)8-17-9-13/h2-4,15H,5-9H2,1H3. The zero-order valence-electron chi connectivity index (χ0n) is 9.98. The molecular formula is C13H17NO3. The molecule has 0 aliphatic carbocycles. The maximum Gasteiger partial charge on any atom is 0.127 e. The quantitative estimate of drug-likeness (QED) is 0.855. The van der Waals surface area contributed by atoms with E-state index in [1.54, 1.807) is 19.2 Å². The molecule has 2 saturated heterocycles. The largest absolute Gasteiger partial charge is 0.508 e. The SMILES string of the molecule is COc1cc(O)ccc1CN1CC2(COC2)C1. The molecule has 0 atom stereocenters. The molecule has 0 aromatic heterocycles. The van der Waals surface area contributed by atoms with Crippen LogP contribution in [-0.2, 0) is 11.3 Å². The van der Waals surface area contributed by atoms with Gasteiger partial charge in [0.05, 0.1) is 20.3 Å². The molecule has 17 heavy (non-hydrogen) atoms. The van der Waals surface area contributed by atoms with E-state index in [2.05, 4.69) is 4.90 Å². The lowest BCUT2D eigenvalue weighted by atomic mass is 9.78. The number of benzene rings is 1. The van der Waals surface area contributed by atoms with Gasteiger partial charge in [0.25, 0.3) is 0 Å². The van der Waals surface area contributed by atoms with E-state index in [1.807, 2.05) is 6.07 Å². The first-order valence-electron chi connectivity index (χ1n) is 5.87. The predicted molar refractivity (Wildman–Crippen MR) is 63.2 cm³/mol. The van der Waals surface area contributed by atoms with E-state index in [0.29, 0.717) is 5.41 Å². The van der Waals surface area contributed by atoms with Crippen molar-refractivity contribution >= 4 is 0 Å². The van der Waals surface area contributed by atoms with Gasteiger partial charge in [-0.05, 0) is 6.07 Å². The molecule has 92 valence electrons. The number of phenols is 1. The molecule has 4 heteroatoms. The van der Waals surface area contributed by atoms with Crippen molar-refractivity contribution in [2.75, 3.05) is 33.4 Å². The first-order chi connectivity index (χ1) is 8.21. The number of rotatable bonds is 3. The number of likely N-dealkylation sites (tertiary alicyclic amines) is 1. The minimum Gasteiger partial charge on any atom is -0.508 e. The van der Waals surface area contributed by atoms with Gasteiger partial charge in [-0.25, -0.2) is 0 Å². The summed E-state index contributed by atoms with van der Waals surface area (Å²) in [4.78, 5) is 2.39. The van der Waals surface area contributed by atoms with Crippen LogP contribution >= 0.6 is 0 Å². The van der Waals surface area contributed by atoms with Crippen LogP contribution in [0.3, 0.4) is 0 Å². The second-order valence-electron chi connectivity index (χ2n) is 5.13. The molecule has 0 saturated carbocycles. The minimum atomic E-state index is 0.248. The van der Waals surface area contributed by atoms with Crippen LogP contribution in [0, 0.1) is 5.41 Å². The first-order valence-corrected chi connectivity index (χ1v) is 5.87. The Morgan fingerprint density at radius 3 is 2.76 bits per heavy atom. The fourth-order valence-corrected chi connectivity index (χ4v) is 2.69. The Labute approximate surface area is 101 Å². The molecule has 2 fully saturated rings. The van der Waals surface area contributed by atoms with Crippen LogP contribution in [0.1, 0.15) is 5.56 Å². The Bertz CT molecular complexity index is 421. The third-order valence-electron chi connectivity index (χ3n) is 3.60. The lowest BCUT2D eigenvalue weighted by molar-refractivity contribution is -0.191. The summed E-state index contributed by atoms with van der Waals surface area (Å²) < 4.78 is 10.5. The van der Waals surface area contributed by atoms with Gasteiger partial charge in [0.15, 0.2) is 0 Å². The second kappa shape index (κ2) is 3.89. The molecular weight excluding hydrogens is 218 g/mol. The maximum absolute atomic E-state index is 9.39. The normalized spacial score (nSPS) is 21.9.